The van der Waals surface area contributed by atoms with Crippen molar-refractivity contribution in [1.82, 2.24) is 5.32 Å². The highest BCUT2D eigenvalue weighted by Crippen LogP contribution is 2.27. The highest BCUT2D eigenvalue weighted by atomic mass is 35.5. The molecule has 1 unspecified atom stereocenters. The molecule has 1 amide bonds. The van der Waals surface area contributed by atoms with Crippen LogP contribution in [-0.4, -0.2) is 23.3 Å². The third-order valence-electron chi connectivity index (χ3n) is 2.29. The summed E-state index contributed by atoms with van der Waals surface area (Å²) in [4.78, 5) is 11.7. The van der Waals surface area contributed by atoms with Crippen molar-refractivity contribution in [1.29, 1.82) is 0 Å². The topological polar surface area (TPSA) is 84.6 Å². The molecule has 6 heteroatoms. The van der Waals surface area contributed by atoms with Gasteiger partial charge in [0, 0.05) is 17.1 Å². The van der Waals surface area contributed by atoms with Crippen molar-refractivity contribution in [3.05, 3.63) is 28.8 Å². The number of ether oxygens (including phenoxy) is 1. The van der Waals surface area contributed by atoms with E-state index in [4.69, 9.17) is 22.1 Å². The van der Waals surface area contributed by atoms with Gasteiger partial charge in [-0.1, -0.05) is 11.6 Å². The second-order valence-corrected chi connectivity index (χ2v) is 5.57. The lowest BCUT2D eigenvalue weighted by atomic mass is 10.1. The number of benzene rings is 1. The zero-order valence-electron chi connectivity index (χ0n) is 11.2. The third-order valence-corrected chi connectivity index (χ3v) is 2.53. The highest BCUT2D eigenvalue weighted by molar-refractivity contribution is 6.30. The van der Waals surface area contributed by atoms with Gasteiger partial charge in [0.25, 0.3) is 0 Å². The number of nitrogens with two attached hydrogens (primary N) is 1. The average Bonchev–Trinajstić information content (AvgIpc) is 2.27. The van der Waals surface area contributed by atoms with Crippen LogP contribution in [0.1, 0.15) is 32.4 Å². The summed E-state index contributed by atoms with van der Waals surface area (Å²) in [5.74, 6) is 0.0240. The molecule has 106 valence electrons. The van der Waals surface area contributed by atoms with Crippen molar-refractivity contribution in [3.8, 4) is 5.75 Å². The number of aromatic hydroxyl groups is 1. The molecule has 0 saturated carbocycles. The number of carbonyl (C=O) groups is 1. The Balaban J connectivity index is 2.84. The molecule has 0 fully saturated rings. The van der Waals surface area contributed by atoms with Gasteiger partial charge >= 0.3 is 6.09 Å². The van der Waals surface area contributed by atoms with Gasteiger partial charge in [0.05, 0.1) is 6.04 Å². The number of halogens is 1. The van der Waals surface area contributed by atoms with Crippen LogP contribution in [0.2, 0.25) is 5.02 Å². The Morgan fingerprint density at radius 3 is 2.68 bits per heavy atom. The second-order valence-electron chi connectivity index (χ2n) is 5.14. The Morgan fingerprint density at radius 1 is 1.53 bits per heavy atom. The summed E-state index contributed by atoms with van der Waals surface area (Å²) < 4.78 is 5.14. The normalized spacial score (nSPS) is 12.9. The van der Waals surface area contributed by atoms with Crippen LogP contribution in [0.15, 0.2) is 18.2 Å². The molecule has 19 heavy (non-hydrogen) atoms. The van der Waals surface area contributed by atoms with Crippen molar-refractivity contribution in [2.75, 3.05) is 6.54 Å². The molecule has 0 aliphatic rings. The largest absolute Gasteiger partial charge is 0.508 e. The Morgan fingerprint density at radius 2 is 2.16 bits per heavy atom. The summed E-state index contributed by atoms with van der Waals surface area (Å²) in [7, 11) is 0. The Hall–Kier alpha value is -1.46. The van der Waals surface area contributed by atoms with Crippen LogP contribution in [0.4, 0.5) is 4.79 Å². The number of hydrogen-bond acceptors (Lipinski definition) is 4. The molecule has 1 aromatic carbocycles. The van der Waals surface area contributed by atoms with E-state index in [0.717, 1.165) is 0 Å². The van der Waals surface area contributed by atoms with Crippen molar-refractivity contribution < 1.29 is 14.6 Å². The Bertz CT molecular complexity index is 458. The average molecular weight is 287 g/mol. The summed E-state index contributed by atoms with van der Waals surface area (Å²) in [5, 5.41) is 12.8. The zero-order valence-corrected chi connectivity index (χ0v) is 12.0. The van der Waals surface area contributed by atoms with Crippen molar-refractivity contribution in [2.45, 2.75) is 32.4 Å². The van der Waals surface area contributed by atoms with Crippen LogP contribution >= 0.6 is 11.6 Å². The van der Waals surface area contributed by atoms with Crippen molar-refractivity contribution in [2.24, 2.45) is 5.73 Å². The fourth-order valence-electron chi connectivity index (χ4n) is 1.52. The first-order chi connectivity index (χ1) is 8.73. The first kappa shape index (κ1) is 15.6. The number of hydrogen-bond donors (Lipinski definition) is 3. The third kappa shape index (κ3) is 4.96. The molecule has 0 spiro atoms. The van der Waals surface area contributed by atoms with E-state index >= 15 is 0 Å². The van der Waals surface area contributed by atoms with E-state index in [-0.39, 0.29) is 12.3 Å². The minimum Gasteiger partial charge on any atom is -0.508 e. The minimum atomic E-state index is -0.598. The van der Waals surface area contributed by atoms with E-state index in [2.05, 4.69) is 5.32 Å². The Kier molecular flexibility index (Phi) is 5.03. The van der Waals surface area contributed by atoms with E-state index in [1.54, 1.807) is 32.9 Å². The number of phenolic OH excluding ortho intramolecular Hbond substituents is 1. The maximum atomic E-state index is 11.7. The molecule has 0 bridgehead atoms. The predicted octanol–water partition coefficient (Wildman–Crippen LogP) is 2.57. The van der Waals surface area contributed by atoms with Gasteiger partial charge in [0.1, 0.15) is 11.4 Å². The summed E-state index contributed by atoms with van der Waals surface area (Å²) in [5.41, 5.74) is 5.47. The molecule has 0 saturated heterocycles. The molecule has 0 aromatic heterocycles. The van der Waals surface area contributed by atoms with Crippen LogP contribution in [-0.2, 0) is 4.74 Å². The van der Waals surface area contributed by atoms with E-state index in [9.17, 15) is 9.90 Å². The summed E-state index contributed by atoms with van der Waals surface area (Å²) in [6, 6.07) is 4.01. The first-order valence-corrected chi connectivity index (χ1v) is 6.28. The van der Waals surface area contributed by atoms with Gasteiger partial charge < -0.3 is 20.9 Å². The van der Waals surface area contributed by atoms with Gasteiger partial charge in [0.15, 0.2) is 0 Å². The lowest BCUT2D eigenvalue weighted by Crippen LogP contribution is -2.37. The number of carbonyl (C=O) groups excluding carboxylic acids is 1. The second kappa shape index (κ2) is 6.12. The molecule has 0 heterocycles. The van der Waals surface area contributed by atoms with Gasteiger partial charge in [0.2, 0.25) is 0 Å². The molecule has 1 aromatic rings. The molecule has 0 aliphatic heterocycles. The van der Waals surface area contributed by atoms with Crippen molar-refractivity contribution in [3.63, 3.8) is 0 Å². The number of nitrogens with one attached hydrogen (secondary N) is 1. The summed E-state index contributed by atoms with van der Waals surface area (Å²) >= 11 is 5.87. The molecular formula is C13H19ClN2O3. The molecule has 0 aliphatic carbocycles. The monoisotopic (exact) mass is 286 g/mol. The van der Waals surface area contributed by atoms with Gasteiger partial charge in [-0.3, -0.25) is 0 Å². The van der Waals surface area contributed by atoms with E-state index in [1.807, 2.05) is 0 Å². The fraction of sp³-hybridized carbons (Fsp3) is 0.462. The van der Waals surface area contributed by atoms with E-state index in [1.165, 1.54) is 6.07 Å². The number of rotatable bonds is 3. The lowest BCUT2D eigenvalue weighted by Gasteiger charge is -2.23. The lowest BCUT2D eigenvalue weighted by molar-refractivity contribution is 0.0505. The standard InChI is InChI=1S/C13H19ClN2O3/c1-13(2,3)19-12(18)16-10(7-15)9-6-8(14)4-5-11(9)17/h4-6,10,17H,7,15H2,1-3H3,(H,16,18). The van der Waals surface area contributed by atoms with Crippen LogP contribution < -0.4 is 11.1 Å². The van der Waals surface area contributed by atoms with E-state index in [0.29, 0.717) is 10.6 Å². The zero-order chi connectivity index (χ0) is 14.6. The van der Waals surface area contributed by atoms with Crippen LogP contribution in [0.5, 0.6) is 5.75 Å². The molecule has 4 N–H and O–H groups in total. The quantitative estimate of drug-likeness (QED) is 0.797. The molecule has 1 atom stereocenters. The molecular weight excluding hydrogens is 268 g/mol. The van der Waals surface area contributed by atoms with Gasteiger partial charge in [-0.2, -0.15) is 0 Å². The molecule has 5 nitrogen and oxygen atoms in total. The van der Waals surface area contributed by atoms with Gasteiger partial charge in [-0.25, -0.2) is 4.79 Å². The van der Waals surface area contributed by atoms with Gasteiger partial charge in [-0.15, -0.1) is 0 Å². The smallest absolute Gasteiger partial charge is 0.408 e. The SMILES string of the molecule is CC(C)(C)OC(=O)NC(CN)c1cc(Cl)ccc1O. The highest BCUT2D eigenvalue weighted by Gasteiger charge is 2.21. The molecule has 1 rings (SSSR count). The summed E-state index contributed by atoms with van der Waals surface area (Å²) in [6.45, 7) is 5.41. The predicted molar refractivity (Wildman–Crippen MR) is 74.3 cm³/mol. The first-order valence-electron chi connectivity index (χ1n) is 5.91. The van der Waals surface area contributed by atoms with Gasteiger partial charge in [-0.05, 0) is 39.0 Å². The number of amides is 1. The van der Waals surface area contributed by atoms with Crippen LogP contribution in [0.25, 0.3) is 0 Å². The molecule has 0 radical (unpaired) electrons. The number of alkyl carbamates (subject to hydrolysis) is 1. The van der Waals surface area contributed by atoms with Crippen LogP contribution in [0, 0.1) is 0 Å². The van der Waals surface area contributed by atoms with Crippen molar-refractivity contribution >= 4 is 17.7 Å². The minimum absolute atomic E-state index is 0.0240. The Labute approximate surface area is 117 Å². The van der Waals surface area contributed by atoms with E-state index < -0.39 is 17.7 Å². The van der Waals surface area contributed by atoms with Crippen LogP contribution in [0.3, 0.4) is 0 Å². The summed E-state index contributed by atoms with van der Waals surface area (Å²) in [6.07, 6.45) is -0.595. The number of phenols is 1. The maximum Gasteiger partial charge on any atom is 0.408 e. The maximum absolute atomic E-state index is 11.7. The fourth-order valence-corrected chi connectivity index (χ4v) is 1.70.